The van der Waals surface area contributed by atoms with Gasteiger partial charge in [-0.05, 0) is 24.3 Å². The van der Waals surface area contributed by atoms with E-state index in [-0.39, 0.29) is 23.9 Å². The van der Waals surface area contributed by atoms with Gasteiger partial charge in [0.25, 0.3) is 11.8 Å². The van der Waals surface area contributed by atoms with Gasteiger partial charge in [0.05, 0.1) is 10.6 Å². The summed E-state index contributed by atoms with van der Waals surface area (Å²) in [5.41, 5.74) is 0.421. The first-order chi connectivity index (χ1) is 13.0. The lowest BCUT2D eigenvalue weighted by atomic mass is 10.2. The van der Waals surface area contributed by atoms with Crippen LogP contribution in [-0.2, 0) is 16.1 Å². The van der Waals surface area contributed by atoms with Crippen LogP contribution in [0.5, 0.6) is 0 Å². The molecule has 0 atom stereocenters. The van der Waals surface area contributed by atoms with Gasteiger partial charge < -0.3 is 14.6 Å². The summed E-state index contributed by atoms with van der Waals surface area (Å²) in [6, 6.07) is 12.4. The molecule has 0 bridgehead atoms. The monoisotopic (exact) mass is 389 g/mol. The second kappa shape index (κ2) is 8.41. The number of benzene rings is 2. The fraction of sp³-hybridized carbons (Fsp3) is 0.111. The molecular formula is C18H13ClFN3O4. The lowest BCUT2D eigenvalue weighted by molar-refractivity contribution is -0.144. The second-order valence-electron chi connectivity index (χ2n) is 5.31. The first-order valence-corrected chi connectivity index (χ1v) is 8.18. The Labute approximate surface area is 158 Å². The van der Waals surface area contributed by atoms with Gasteiger partial charge in [-0.15, -0.1) is 0 Å². The summed E-state index contributed by atoms with van der Waals surface area (Å²) in [6.07, 6.45) is 0. The van der Waals surface area contributed by atoms with Crippen LogP contribution in [0.25, 0.3) is 11.4 Å². The van der Waals surface area contributed by atoms with Crippen LogP contribution >= 0.6 is 11.6 Å². The number of rotatable bonds is 6. The van der Waals surface area contributed by atoms with Crippen molar-refractivity contribution in [3.05, 3.63) is 70.8 Å². The summed E-state index contributed by atoms with van der Waals surface area (Å²) in [5.74, 6) is -1.81. The molecule has 138 valence electrons. The van der Waals surface area contributed by atoms with Gasteiger partial charge in [-0.3, -0.25) is 9.59 Å². The Hall–Kier alpha value is -3.26. The summed E-state index contributed by atoms with van der Waals surface area (Å²) >= 11 is 6.05. The van der Waals surface area contributed by atoms with Crippen LogP contribution in [0.15, 0.2) is 53.1 Å². The van der Waals surface area contributed by atoms with E-state index >= 15 is 0 Å². The van der Waals surface area contributed by atoms with Gasteiger partial charge in [0.15, 0.2) is 6.61 Å². The van der Waals surface area contributed by atoms with E-state index in [1.165, 1.54) is 18.2 Å². The summed E-state index contributed by atoms with van der Waals surface area (Å²) in [4.78, 5) is 27.6. The zero-order valence-corrected chi connectivity index (χ0v) is 14.6. The molecule has 1 heterocycles. The van der Waals surface area contributed by atoms with Crippen molar-refractivity contribution in [2.75, 3.05) is 6.54 Å². The predicted molar refractivity (Wildman–Crippen MR) is 93.3 cm³/mol. The Balaban J connectivity index is 1.51. The van der Waals surface area contributed by atoms with Crippen molar-refractivity contribution in [3.8, 4) is 11.4 Å². The van der Waals surface area contributed by atoms with Gasteiger partial charge in [-0.1, -0.05) is 41.0 Å². The Morgan fingerprint density at radius 1 is 1.15 bits per heavy atom. The van der Waals surface area contributed by atoms with Gasteiger partial charge in [0.1, 0.15) is 12.4 Å². The number of halogens is 2. The fourth-order valence-electron chi connectivity index (χ4n) is 2.15. The van der Waals surface area contributed by atoms with Crippen LogP contribution in [0.4, 0.5) is 4.39 Å². The van der Waals surface area contributed by atoms with E-state index in [9.17, 15) is 14.0 Å². The average Bonchev–Trinajstić information content (AvgIpc) is 3.14. The van der Waals surface area contributed by atoms with Crippen molar-refractivity contribution < 1.29 is 23.2 Å². The van der Waals surface area contributed by atoms with Crippen LogP contribution < -0.4 is 5.32 Å². The average molecular weight is 390 g/mol. The van der Waals surface area contributed by atoms with Gasteiger partial charge in [-0.25, -0.2) is 4.39 Å². The lowest BCUT2D eigenvalue weighted by Crippen LogP contribution is -2.31. The zero-order chi connectivity index (χ0) is 19.2. The molecule has 1 aromatic heterocycles. The van der Waals surface area contributed by atoms with E-state index in [2.05, 4.69) is 15.5 Å². The molecule has 0 saturated carbocycles. The number of carbonyl (C=O) groups is 2. The molecule has 9 heteroatoms. The van der Waals surface area contributed by atoms with Crippen molar-refractivity contribution >= 4 is 23.5 Å². The number of amides is 1. The molecule has 2 aromatic carbocycles. The molecule has 1 N–H and O–H groups in total. The third kappa shape index (κ3) is 4.68. The van der Waals surface area contributed by atoms with Crippen LogP contribution in [0.2, 0.25) is 5.02 Å². The molecule has 0 radical (unpaired) electrons. The molecule has 0 aliphatic carbocycles. The Morgan fingerprint density at radius 3 is 2.67 bits per heavy atom. The molecule has 0 spiro atoms. The number of carbonyl (C=O) groups excluding carboxylic acids is 2. The van der Waals surface area contributed by atoms with Crippen molar-refractivity contribution in [2.24, 2.45) is 0 Å². The van der Waals surface area contributed by atoms with Crippen LogP contribution in [-0.4, -0.2) is 28.6 Å². The van der Waals surface area contributed by atoms with E-state index < -0.39 is 24.2 Å². The van der Waals surface area contributed by atoms with E-state index in [0.717, 1.165) is 6.07 Å². The van der Waals surface area contributed by atoms with Crippen LogP contribution in [0.1, 0.15) is 16.2 Å². The number of ether oxygens (including phenoxy) is 1. The number of nitrogens with zero attached hydrogens (tertiary/aromatic N) is 2. The quantitative estimate of drug-likeness (QED) is 0.651. The summed E-state index contributed by atoms with van der Waals surface area (Å²) < 4.78 is 23.4. The minimum atomic E-state index is -0.739. The Bertz CT molecular complexity index is 977. The number of aromatic nitrogens is 2. The van der Waals surface area contributed by atoms with E-state index in [4.69, 9.17) is 20.9 Å². The topological polar surface area (TPSA) is 94.3 Å². The largest absolute Gasteiger partial charge is 0.454 e. The van der Waals surface area contributed by atoms with Gasteiger partial charge >= 0.3 is 5.97 Å². The molecule has 7 nitrogen and oxygen atoms in total. The van der Waals surface area contributed by atoms with Crippen LogP contribution in [0.3, 0.4) is 0 Å². The molecule has 3 rings (SSSR count). The molecule has 0 saturated heterocycles. The first kappa shape index (κ1) is 18.5. The van der Waals surface area contributed by atoms with Crippen molar-refractivity contribution in [1.82, 2.24) is 15.5 Å². The Morgan fingerprint density at radius 2 is 1.89 bits per heavy atom. The van der Waals surface area contributed by atoms with Crippen molar-refractivity contribution in [3.63, 3.8) is 0 Å². The Kier molecular flexibility index (Phi) is 5.77. The number of nitrogens with one attached hydrogen (secondary N) is 1. The SMILES string of the molecule is O=C(CNC(=O)c1ccccc1F)OCc1nc(-c2ccccc2Cl)no1. The van der Waals surface area contributed by atoms with Gasteiger partial charge in [0.2, 0.25) is 5.82 Å². The molecule has 0 aliphatic heterocycles. The fourth-order valence-corrected chi connectivity index (χ4v) is 2.37. The highest BCUT2D eigenvalue weighted by atomic mass is 35.5. The minimum absolute atomic E-state index is 0.0682. The van der Waals surface area contributed by atoms with E-state index in [0.29, 0.717) is 10.6 Å². The number of esters is 1. The van der Waals surface area contributed by atoms with Crippen molar-refractivity contribution in [1.29, 1.82) is 0 Å². The molecule has 3 aromatic rings. The third-order valence-electron chi connectivity index (χ3n) is 3.45. The minimum Gasteiger partial charge on any atom is -0.454 e. The lowest BCUT2D eigenvalue weighted by Gasteiger charge is -2.05. The van der Waals surface area contributed by atoms with Crippen molar-refractivity contribution in [2.45, 2.75) is 6.61 Å². The summed E-state index contributed by atoms with van der Waals surface area (Å²) in [7, 11) is 0. The van der Waals surface area contributed by atoms with E-state index in [1.807, 2.05) is 0 Å². The highest BCUT2D eigenvalue weighted by molar-refractivity contribution is 6.33. The number of hydrogen-bond acceptors (Lipinski definition) is 6. The zero-order valence-electron chi connectivity index (χ0n) is 13.8. The summed E-state index contributed by atoms with van der Waals surface area (Å²) in [6.45, 7) is -0.704. The maximum absolute atomic E-state index is 13.5. The highest BCUT2D eigenvalue weighted by Crippen LogP contribution is 2.24. The normalized spacial score (nSPS) is 10.4. The predicted octanol–water partition coefficient (Wildman–Crippen LogP) is 3.00. The van der Waals surface area contributed by atoms with Gasteiger partial charge in [-0.2, -0.15) is 4.98 Å². The number of hydrogen-bond donors (Lipinski definition) is 1. The molecule has 1 amide bonds. The summed E-state index contributed by atoms with van der Waals surface area (Å²) in [5, 5.41) is 6.51. The third-order valence-corrected chi connectivity index (χ3v) is 3.78. The van der Waals surface area contributed by atoms with E-state index in [1.54, 1.807) is 24.3 Å². The maximum Gasteiger partial charge on any atom is 0.325 e. The standard InChI is InChI=1S/C18H13ClFN3O4/c19-13-7-3-1-5-11(13)17-22-15(27-23-17)10-26-16(24)9-21-18(25)12-6-2-4-8-14(12)20/h1-8H,9-10H2,(H,21,25). The molecular weight excluding hydrogens is 377 g/mol. The molecule has 0 fully saturated rings. The maximum atomic E-state index is 13.5. The first-order valence-electron chi connectivity index (χ1n) is 7.80. The smallest absolute Gasteiger partial charge is 0.325 e. The molecule has 27 heavy (non-hydrogen) atoms. The molecule has 0 unspecified atom stereocenters. The van der Waals surface area contributed by atoms with Crippen LogP contribution in [0, 0.1) is 5.82 Å². The second-order valence-corrected chi connectivity index (χ2v) is 5.72. The highest BCUT2D eigenvalue weighted by Gasteiger charge is 2.15. The van der Waals surface area contributed by atoms with Gasteiger partial charge in [0, 0.05) is 5.56 Å². The molecule has 0 aliphatic rings.